The first-order chi connectivity index (χ1) is 7.06. The molecule has 5 heteroatoms. The lowest BCUT2D eigenvalue weighted by molar-refractivity contribution is -0.153. The molecule has 2 N–H and O–H groups in total. The van der Waals surface area contributed by atoms with Gasteiger partial charge in [0, 0.05) is 0 Å². The standard InChI is InChI=1S/C6H9NO3.C4H9N/c1-2-3-4(6(9)10)7-5(3)8;1-5-3-2-4-5/h3-4H,2H2,1H3,(H,7,8)(H,9,10);2-4H2,1H3. The number of β-lactam (4-membered cyclic amide) rings is 1. The van der Waals surface area contributed by atoms with E-state index >= 15 is 0 Å². The molecule has 0 aromatic rings. The Balaban J connectivity index is 0.000000187. The third-order valence-corrected chi connectivity index (χ3v) is 2.82. The second-order valence-corrected chi connectivity index (χ2v) is 4.00. The number of nitrogens with one attached hydrogen (secondary N) is 1. The van der Waals surface area contributed by atoms with Gasteiger partial charge in [0.1, 0.15) is 6.04 Å². The minimum Gasteiger partial charge on any atom is -0.480 e. The van der Waals surface area contributed by atoms with Gasteiger partial charge in [-0.05, 0) is 33.0 Å². The lowest BCUT2D eigenvalue weighted by Gasteiger charge is -2.32. The Kier molecular flexibility index (Phi) is 4.08. The summed E-state index contributed by atoms with van der Waals surface area (Å²) >= 11 is 0. The maximum Gasteiger partial charge on any atom is 0.327 e. The summed E-state index contributed by atoms with van der Waals surface area (Å²) in [5.41, 5.74) is 0. The molecule has 2 fully saturated rings. The van der Waals surface area contributed by atoms with Crippen molar-refractivity contribution in [3.05, 3.63) is 0 Å². The average Bonchev–Trinajstić information content (AvgIpc) is 2.12. The van der Waals surface area contributed by atoms with Crippen molar-refractivity contribution in [1.29, 1.82) is 0 Å². The summed E-state index contributed by atoms with van der Waals surface area (Å²) in [4.78, 5) is 23.2. The molecule has 15 heavy (non-hydrogen) atoms. The smallest absolute Gasteiger partial charge is 0.327 e. The van der Waals surface area contributed by atoms with Gasteiger partial charge in [0.05, 0.1) is 5.92 Å². The van der Waals surface area contributed by atoms with E-state index in [-0.39, 0.29) is 11.8 Å². The van der Waals surface area contributed by atoms with Gasteiger partial charge in [-0.3, -0.25) is 4.79 Å². The van der Waals surface area contributed by atoms with Crippen molar-refractivity contribution in [3.8, 4) is 0 Å². The fraction of sp³-hybridized carbons (Fsp3) is 0.800. The number of amides is 1. The molecule has 0 aliphatic carbocycles. The maximum absolute atomic E-state index is 10.6. The third kappa shape index (κ3) is 2.92. The molecule has 5 nitrogen and oxygen atoms in total. The Bertz CT molecular complexity index is 243. The fourth-order valence-electron chi connectivity index (χ4n) is 1.55. The maximum atomic E-state index is 10.6. The summed E-state index contributed by atoms with van der Waals surface area (Å²) in [5.74, 6) is -1.39. The first-order valence-electron chi connectivity index (χ1n) is 5.28. The van der Waals surface area contributed by atoms with E-state index in [1.165, 1.54) is 19.5 Å². The molecule has 0 radical (unpaired) electrons. The number of aliphatic carboxylic acids is 1. The van der Waals surface area contributed by atoms with Crippen molar-refractivity contribution >= 4 is 11.9 Å². The van der Waals surface area contributed by atoms with Crippen LogP contribution in [0.3, 0.4) is 0 Å². The van der Waals surface area contributed by atoms with Crippen molar-refractivity contribution in [1.82, 2.24) is 10.2 Å². The van der Waals surface area contributed by atoms with E-state index in [9.17, 15) is 9.59 Å². The summed E-state index contributed by atoms with van der Waals surface area (Å²) < 4.78 is 0. The molecule has 2 aliphatic heterocycles. The quantitative estimate of drug-likeness (QED) is 0.631. The van der Waals surface area contributed by atoms with Crippen LogP contribution in [0, 0.1) is 5.92 Å². The predicted molar refractivity (Wildman–Crippen MR) is 55.5 cm³/mol. The van der Waals surface area contributed by atoms with Crippen LogP contribution in [0.15, 0.2) is 0 Å². The molecule has 2 saturated heterocycles. The lowest BCUT2D eigenvalue weighted by atomic mass is 9.88. The topological polar surface area (TPSA) is 69.6 Å². The van der Waals surface area contributed by atoms with Crippen LogP contribution in [-0.2, 0) is 9.59 Å². The molecule has 2 atom stereocenters. The van der Waals surface area contributed by atoms with Gasteiger partial charge in [0.2, 0.25) is 5.91 Å². The van der Waals surface area contributed by atoms with Crippen LogP contribution in [0.4, 0.5) is 0 Å². The lowest BCUT2D eigenvalue weighted by Crippen LogP contribution is -2.61. The molecule has 0 bridgehead atoms. The van der Waals surface area contributed by atoms with Crippen molar-refractivity contribution in [2.24, 2.45) is 5.92 Å². The fourth-order valence-corrected chi connectivity index (χ4v) is 1.55. The third-order valence-electron chi connectivity index (χ3n) is 2.82. The van der Waals surface area contributed by atoms with Crippen molar-refractivity contribution in [3.63, 3.8) is 0 Å². The van der Waals surface area contributed by atoms with Crippen molar-refractivity contribution in [2.45, 2.75) is 25.8 Å². The summed E-state index contributed by atoms with van der Waals surface area (Å²) in [7, 11) is 2.14. The van der Waals surface area contributed by atoms with Gasteiger partial charge in [-0.25, -0.2) is 4.79 Å². The van der Waals surface area contributed by atoms with Gasteiger partial charge in [-0.2, -0.15) is 0 Å². The Morgan fingerprint density at radius 2 is 2.13 bits per heavy atom. The number of nitrogens with zero attached hydrogens (tertiary/aromatic N) is 1. The summed E-state index contributed by atoms with van der Waals surface area (Å²) in [5, 5.41) is 10.7. The molecule has 0 spiro atoms. The molecule has 0 aromatic heterocycles. The SMILES string of the molecule is CCC1C(=O)NC1C(=O)O.CN1CCC1. The molecule has 2 rings (SSSR count). The van der Waals surface area contributed by atoms with Gasteiger partial charge in [-0.1, -0.05) is 6.92 Å². The molecule has 2 heterocycles. The van der Waals surface area contributed by atoms with Gasteiger partial charge in [0.25, 0.3) is 0 Å². The highest BCUT2D eigenvalue weighted by atomic mass is 16.4. The Hall–Kier alpha value is -1.10. The molecule has 2 aliphatic rings. The van der Waals surface area contributed by atoms with Crippen LogP contribution in [0.1, 0.15) is 19.8 Å². The number of hydrogen-bond donors (Lipinski definition) is 2. The Labute approximate surface area is 89.4 Å². The largest absolute Gasteiger partial charge is 0.480 e. The van der Waals surface area contributed by atoms with Crippen LogP contribution in [0.5, 0.6) is 0 Å². The number of likely N-dealkylation sites (tertiary alicyclic amines) is 1. The van der Waals surface area contributed by atoms with E-state index in [1.807, 2.05) is 0 Å². The zero-order chi connectivity index (χ0) is 11.4. The molecule has 86 valence electrons. The molecular formula is C10H18N2O3. The van der Waals surface area contributed by atoms with Gasteiger partial charge in [0.15, 0.2) is 0 Å². The number of hydrogen-bond acceptors (Lipinski definition) is 3. The van der Waals surface area contributed by atoms with E-state index in [2.05, 4.69) is 17.3 Å². The summed E-state index contributed by atoms with van der Waals surface area (Å²) in [6.07, 6.45) is 2.01. The monoisotopic (exact) mass is 214 g/mol. The highest BCUT2D eigenvalue weighted by Crippen LogP contribution is 2.18. The molecular weight excluding hydrogens is 196 g/mol. The van der Waals surface area contributed by atoms with Gasteiger partial charge >= 0.3 is 5.97 Å². The summed E-state index contributed by atoms with van der Waals surface area (Å²) in [6, 6.07) is -0.641. The highest BCUT2D eigenvalue weighted by Gasteiger charge is 2.42. The Morgan fingerprint density at radius 3 is 2.27 bits per heavy atom. The van der Waals surface area contributed by atoms with E-state index in [4.69, 9.17) is 5.11 Å². The highest BCUT2D eigenvalue weighted by molar-refractivity contribution is 5.96. The normalized spacial score (nSPS) is 29.1. The first-order valence-corrected chi connectivity index (χ1v) is 5.28. The number of carbonyl (C=O) groups excluding carboxylic acids is 1. The van der Waals surface area contributed by atoms with Crippen LogP contribution in [0.2, 0.25) is 0 Å². The van der Waals surface area contributed by atoms with Crippen LogP contribution in [0.25, 0.3) is 0 Å². The number of carboxylic acid groups (broad SMARTS) is 1. The van der Waals surface area contributed by atoms with E-state index in [0.717, 1.165) is 0 Å². The molecule has 1 amide bonds. The molecule has 0 aromatic carbocycles. The number of carbonyl (C=O) groups is 2. The Morgan fingerprint density at radius 1 is 1.60 bits per heavy atom. The minimum absolute atomic E-state index is 0.144. The van der Waals surface area contributed by atoms with Crippen molar-refractivity contribution < 1.29 is 14.7 Å². The zero-order valence-electron chi connectivity index (χ0n) is 9.19. The van der Waals surface area contributed by atoms with Gasteiger partial charge < -0.3 is 15.3 Å². The number of rotatable bonds is 2. The van der Waals surface area contributed by atoms with E-state index in [0.29, 0.717) is 6.42 Å². The zero-order valence-corrected chi connectivity index (χ0v) is 9.19. The predicted octanol–water partition coefficient (Wildman–Crippen LogP) is -0.0825. The van der Waals surface area contributed by atoms with Crippen LogP contribution in [-0.4, -0.2) is 48.1 Å². The first kappa shape index (κ1) is 12.0. The molecule has 0 saturated carbocycles. The minimum atomic E-state index is -0.938. The van der Waals surface area contributed by atoms with Gasteiger partial charge in [-0.15, -0.1) is 0 Å². The average molecular weight is 214 g/mol. The molecule has 2 unspecified atom stereocenters. The number of carboxylic acids is 1. The van der Waals surface area contributed by atoms with Crippen molar-refractivity contribution in [2.75, 3.05) is 20.1 Å². The summed E-state index contributed by atoms with van der Waals surface area (Å²) in [6.45, 7) is 4.44. The second kappa shape index (κ2) is 5.11. The van der Waals surface area contributed by atoms with Crippen LogP contribution < -0.4 is 5.32 Å². The van der Waals surface area contributed by atoms with E-state index in [1.54, 1.807) is 6.92 Å². The van der Waals surface area contributed by atoms with Crippen LogP contribution >= 0.6 is 0 Å². The second-order valence-electron chi connectivity index (χ2n) is 4.00. The van der Waals surface area contributed by atoms with E-state index < -0.39 is 12.0 Å².